The molecule has 3 nitrogen and oxygen atoms in total. The molecule has 0 radical (unpaired) electrons. The lowest BCUT2D eigenvalue weighted by Crippen LogP contribution is -2.37. The molecule has 1 aromatic rings. The Labute approximate surface area is 105 Å². The molecule has 5 heteroatoms. The van der Waals surface area contributed by atoms with Gasteiger partial charge in [0.2, 0.25) is 0 Å². The summed E-state index contributed by atoms with van der Waals surface area (Å²) < 4.78 is 26.2. The molecule has 0 saturated carbocycles. The fourth-order valence-corrected chi connectivity index (χ4v) is 1.32. The maximum Gasteiger partial charge on any atom is 0.270 e. The fourth-order valence-electron chi connectivity index (χ4n) is 1.32. The molecular formula is C13H16F2N2O. The van der Waals surface area contributed by atoms with E-state index in [-0.39, 0.29) is 11.1 Å². The van der Waals surface area contributed by atoms with E-state index in [0.29, 0.717) is 5.71 Å². The quantitative estimate of drug-likeness (QED) is 0.797. The Morgan fingerprint density at radius 1 is 1.44 bits per heavy atom. The molecule has 0 fully saturated rings. The highest BCUT2D eigenvalue weighted by molar-refractivity contribution is 5.98. The van der Waals surface area contributed by atoms with Gasteiger partial charge in [0.25, 0.3) is 11.8 Å². The van der Waals surface area contributed by atoms with Gasteiger partial charge in [-0.1, -0.05) is 12.1 Å². The van der Waals surface area contributed by atoms with Crippen molar-refractivity contribution in [3.05, 3.63) is 35.4 Å². The Kier molecular flexibility index (Phi) is 4.16. The second-order valence-electron chi connectivity index (χ2n) is 4.35. The van der Waals surface area contributed by atoms with Crippen molar-refractivity contribution in [3.63, 3.8) is 0 Å². The lowest BCUT2D eigenvalue weighted by Gasteiger charge is -2.14. The molecule has 1 rings (SSSR count). The minimum absolute atomic E-state index is 0.169. The number of carbonyl (C=O) groups excluding carboxylic acids is 1. The van der Waals surface area contributed by atoms with Crippen LogP contribution in [-0.2, 0) is 5.92 Å². The van der Waals surface area contributed by atoms with Crippen molar-refractivity contribution in [3.8, 4) is 0 Å². The molecule has 0 aliphatic heterocycles. The zero-order chi connectivity index (χ0) is 13.9. The number of nitrogens with one attached hydrogen (secondary N) is 2. The van der Waals surface area contributed by atoms with Gasteiger partial charge in [-0.25, -0.2) is 8.78 Å². The normalized spacial score (nSPS) is 12.9. The average Bonchev–Trinajstić information content (AvgIpc) is 2.27. The molecule has 0 aliphatic carbocycles. The van der Waals surface area contributed by atoms with Gasteiger partial charge < -0.3 is 10.7 Å². The molecular weight excluding hydrogens is 238 g/mol. The van der Waals surface area contributed by atoms with Crippen LogP contribution in [0, 0.1) is 5.41 Å². The highest BCUT2D eigenvalue weighted by Crippen LogP contribution is 2.27. The summed E-state index contributed by atoms with van der Waals surface area (Å²) in [6.45, 7) is 4.02. The third kappa shape index (κ3) is 3.61. The third-order valence-corrected chi connectivity index (χ3v) is 2.63. The van der Waals surface area contributed by atoms with Crippen LogP contribution in [0.25, 0.3) is 0 Å². The monoisotopic (exact) mass is 254 g/mol. The Balaban J connectivity index is 2.91. The lowest BCUT2D eigenvalue weighted by molar-refractivity contribution is 0.0174. The van der Waals surface area contributed by atoms with E-state index in [1.807, 2.05) is 0 Å². The first kappa shape index (κ1) is 14.3. The van der Waals surface area contributed by atoms with Crippen LogP contribution in [0.1, 0.15) is 36.7 Å². The van der Waals surface area contributed by atoms with Gasteiger partial charge in [-0.05, 0) is 26.0 Å². The fraction of sp³-hybridized carbons (Fsp3) is 0.385. The maximum absolute atomic E-state index is 13.1. The van der Waals surface area contributed by atoms with Crippen LogP contribution < -0.4 is 5.32 Å². The molecule has 98 valence electrons. The number of carbonyl (C=O) groups is 1. The van der Waals surface area contributed by atoms with E-state index in [0.717, 1.165) is 6.92 Å². The number of rotatable bonds is 4. The summed E-state index contributed by atoms with van der Waals surface area (Å²) in [5.41, 5.74) is 0.275. The van der Waals surface area contributed by atoms with E-state index in [2.05, 4.69) is 5.32 Å². The van der Waals surface area contributed by atoms with E-state index in [9.17, 15) is 13.6 Å². The number of amides is 1. The van der Waals surface area contributed by atoms with E-state index in [1.165, 1.54) is 24.3 Å². The van der Waals surface area contributed by atoms with Crippen molar-refractivity contribution in [1.82, 2.24) is 5.32 Å². The van der Waals surface area contributed by atoms with Crippen molar-refractivity contribution < 1.29 is 13.6 Å². The number of benzene rings is 1. The van der Waals surface area contributed by atoms with Gasteiger partial charge in [0.15, 0.2) is 0 Å². The summed E-state index contributed by atoms with van der Waals surface area (Å²) in [4.78, 5) is 11.8. The Hall–Kier alpha value is -1.78. The summed E-state index contributed by atoms with van der Waals surface area (Å²) in [7, 11) is 0. The van der Waals surface area contributed by atoms with Crippen LogP contribution in [0.5, 0.6) is 0 Å². The minimum atomic E-state index is -2.97. The Bertz CT molecular complexity index is 466. The summed E-state index contributed by atoms with van der Waals surface area (Å²) in [5, 5.41) is 9.93. The van der Waals surface area contributed by atoms with Gasteiger partial charge in [-0.2, -0.15) is 0 Å². The van der Waals surface area contributed by atoms with E-state index >= 15 is 0 Å². The van der Waals surface area contributed by atoms with E-state index in [4.69, 9.17) is 5.41 Å². The highest BCUT2D eigenvalue weighted by Gasteiger charge is 2.25. The average molecular weight is 254 g/mol. The maximum atomic E-state index is 13.1. The molecule has 0 bridgehead atoms. The predicted octanol–water partition coefficient (Wildman–Crippen LogP) is 2.96. The molecule has 0 spiro atoms. The van der Waals surface area contributed by atoms with E-state index in [1.54, 1.807) is 13.8 Å². The van der Waals surface area contributed by atoms with Gasteiger partial charge in [0, 0.05) is 23.8 Å². The van der Waals surface area contributed by atoms with Crippen LogP contribution in [0.4, 0.5) is 8.78 Å². The zero-order valence-electron chi connectivity index (χ0n) is 10.6. The zero-order valence-corrected chi connectivity index (χ0v) is 10.6. The summed E-state index contributed by atoms with van der Waals surface area (Å²) in [6.07, 6.45) is 0. The summed E-state index contributed by atoms with van der Waals surface area (Å²) in [6, 6.07) is 4.92. The van der Waals surface area contributed by atoms with Crippen molar-refractivity contribution in [2.75, 3.05) is 0 Å². The first-order valence-electron chi connectivity index (χ1n) is 5.56. The van der Waals surface area contributed by atoms with Gasteiger partial charge in [-0.3, -0.25) is 4.79 Å². The first-order chi connectivity index (χ1) is 8.21. The molecule has 0 heterocycles. The van der Waals surface area contributed by atoms with Crippen molar-refractivity contribution in [2.24, 2.45) is 0 Å². The number of halogens is 2. The van der Waals surface area contributed by atoms with Crippen LogP contribution in [-0.4, -0.2) is 17.7 Å². The Morgan fingerprint density at radius 2 is 2.06 bits per heavy atom. The van der Waals surface area contributed by atoms with Gasteiger partial charge in [0.1, 0.15) is 0 Å². The molecule has 1 aromatic carbocycles. The predicted molar refractivity (Wildman–Crippen MR) is 66.3 cm³/mol. The first-order valence-corrected chi connectivity index (χ1v) is 5.56. The second-order valence-corrected chi connectivity index (χ2v) is 4.35. The van der Waals surface area contributed by atoms with Gasteiger partial charge in [-0.15, -0.1) is 0 Å². The number of hydrogen-bond acceptors (Lipinski definition) is 2. The molecule has 0 saturated heterocycles. The highest BCUT2D eigenvalue weighted by atomic mass is 19.3. The SMILES string of the molecule is CC(=N)C(C)NC(=O)c1cccc(C(C)(F)F)c1. The molecule has 1 unspecified atom stereocenters. The smallest absolute Gasteiger partial charge is 0.270 e. The van der Waals surface area contributed by atoms with Crippen molar-refractivity contribution >= 4 is 11.6 Å². The van der Waals surface area contributed by atoms with Gasteiger partial charge in [0.05, 0.1) is 6.04 Å². The van der Waals surface area contributed by atoms with E-state index < -0.39 is 17.9 Å². The van der Waals surface area contributed by atoms with Crippen LogP contribution >= 0.6 is 0 Å². The van der Waals surface area contributed by atoms with Gasteiger partial charge >= 0.3 is 0 Å². The second kappa shape index (κ2) is 5.25. The van der Waals surface area contributed by atoms with Crippen LogP contribution in [0.15, 0.2) is 24.3 Å². The third-order valence-electron chi connectivity index (χ3n) is 2.63. The lowest BCUT2D eigenvalue weighted by atomic mass is 10.1. The topological polar surface area (TPSA) is 53.0 Å². The molecule has 1 atom stereocenters. The Morgan fingerprint density at radius 3 is 2.56 bits per heavy atom. The molecule has 0 aromatic heterocycles. The molecule has 2 N–H and O–H groups in total. The molecule has 18 heavy (non-hydrogen) atoms. The van der Waals surface area contributed by atoms with Crippen LogP contribution in [0.2, 0.25) is 0 Å². The van der Waals surface area contributed by atoms with Crippen molar-refractivity contribution in [1.29, 1.82) is 5.41 Å². The molecule has 1 amide bonds. The molecule has 0 aliphatic rings. The summed E-state index contributed by atoms with van der Waals surface area (Å²) >= 11 is 0. The van der Waals surface area contributed by atoms with Crippen molar-refractivity contribution in [2.45, 2.75) is 32.7 Å². The number of alkyl halides is 2. The standard InChI is InChI=1S/C13H16F2N2O/c1-8(16)9(2)17-12(18)10-5-4-6-11(7-10)13(3,14)15/h4-7,9,16H,1-3H3,(H,17,18). The van der Waals surface area contributed by atoms with Crippen LogP contribution in [0.3, 0.4) is 0 Å². The largest absolute Gasteiger partial charge is 0.344 e. The minimum Gasteiger partial charge on any atom is -0.344 e. The number of hydrogen-bond donors (Lipinski definition) is 2. The summed E-state index contributed by atoms with van der Waals surface area (Å²) in [5.74, 6) is -3.43.